The summed E-state index contributed by atoms with van der Waals surface area (Å²) >= 11 is 6.08. The molecule has 128 valence electrons. The van der Waals surface area contributed by atoms with Gasteiger partial charge in [0.25, 0.3) is 0 Å². The Balaban J connectivity index is 1.61. The molecule has 1 heterocycles. The lowest BCUT2D eigenvalue weighted by Crippen LogP contribution is -2.23. The third-order valence-electron chi connectivity index (χ3n) is 4.14. The van der Waals surface area contributed by atoms with Crippen molar-refractivity contribution in [1.29, 1.82) is 0 Å². The minimum Gasteiger partial charge on any atom is -0.323 e. The molecule has 2 aromatic carbocycles. The Labute approximate surface area is 152 Å². The summed E-state index contributed by atoms with van der Waals surface area (Å²) in [6.45, 7) is 2.69. The first kappa shape index (κ1) is 17.2. The van der Waals surface area contributed by atoms with Crippen LogP contribution in [-0.2, 0) is 9.59 Å². The van der Waals surface area contributed by atoms with Crippen molar-refractivity contribution in [2.24, 2.45) is 0 Å². The van der Waals surface area contributed by atoms with E-state index in [1.807, 2.05) is 37.3 Å². The van der Waals surface area contributed by atoms with E-state index < -0.39 is 0 Å². The Morgan fingerprint density at radius 1 is 1.20 bits per heavy atom. The molecule has 1 N–H and O–H groups in total. The second-order valence-electron chi connectivity index (χ2n) is 6.03. The van der Waals surface area contributed by atoms with Crippen LogP contribution in [0, 0.1) is 6.92 Å². The lowest BCUT2D eigenvalue weighted by atomic mass is 10.1. The predicted molar refractivity (Wildman–Crippen MR) is 102 cm³/mol. The monoisotopic (exact) mass is 354 g/mol. The van der Waals surface area contributed by atoms with Gasteiger partial charge in [-0.05, 0) is 60.9 Å². The average Bonchev–Trinajstić information content (AvgIpc) is 3.03. The van der Waals surface area contributed by atoms with Crippen LogP contribution in [0.5, 0.6) is 0 Å². The molecule has 3 rings (SSSR count). The zero-order valence-corrected chi connectivity index (χ0v) is 14.7. The van der Waals surface area contributed by atoms with Crippen molar-refractivity contribution in [3.05, 3.63) is 64.7 Å². The highest BCUT2D eigenvalue weighted by Crippen LogP contribution is 2.23. The molecule has 0 atom stereocenters. The van der Waals surface area contributed by atoms with Crippen molar-refractivity contribution < 1.29 is 9.59 Å². The molecule has 0 aliphatic carbocycles. The first-order valence-corrected chi connectivity index (χ1v) is 8.56. The summed E-state index contributed by atoms with van der Waals surface area (Å²) in [6.07, 6.45) is 4.69. The number of amides is 2. The van der Waals surface area contributed by atoms with Crippen molar-refractivity contribution in [3.63, 3.8) is 0 Å². The predicted octanol–water partition coefficient (Wildman–Crippen LogP) is 4.43. The van der Waals surface area contributed by atoms with E-state index >= 15 is 0 Å². The molecule has 0 spiro atoms. The van der Waals surface area contributed by atoms with Crippen molar-refractivity contribution in [3.8, 4) is 0 Å². The van der Waals surface area contributed by atoms with Crippen LogP contribution in [-0.4, -0.2) is 18.4 Å². The first-order chi connectivity index (χ1) is 12.0. The van der Waals surface area contributed by atoms with Gasteiger partial charge >= 0.3 is 0 Å². The molecule has 2 aromatic rings. The van der Waals surface area contributed by atoms with Crippen molar-refractivity contribution in [2.75, 3.05) is 16.8 Å². The van der Waals surface area contributed by atoms with Crippen molar-refractivity contribution in [2.45, 2.75) is 19.8 Å². The summed E-state index contributed by atoms with van der Waals surface area (Å²) in [7, 11) is 0. The third-order valence-corrected chi connectivity index (χ3v) is 4.55. The van der Waals surface area contributed by atoms with Crippen LogP contribution in [0.4, 0.5) is 11.4 Å². The number of hydrogen-bond acceptors (Lipinski definition) is 2. The molecule has 1 saturated heterocycles. The number of aryl methyl sites for hydroxylation is 1. The van der Waals surface area contributed by atoms with E-state index in [2.05, 4.69) is 5.32 Å². The average molecular weight is 355 g/mol. The fraction of sp³-hybridized carbons (Fsp3) is 0.200. The molecule has 1 aliphatic heterocycles. The minimum absolute atomic E-state index is 0.150. The minimum atomic E-state index is -0.221. The Kier molecular flexibility index (Phi) is 5.19. The molecule has 0 radical (unpaired) electrons. The molecule has 4 nitrogen and oxygen atoms in total. The highest BCUT2D eigenvalue weighted by Gasteiger charge is 2.21. The van der Waals surface area contributed by atoms with Crippen LogP contribution in [0.2, 0.25) is 5.02 Å². The van der Waals surface area contributed by atoms with Gasteiger partial charge in [0, 0.05) is 35.4 Å². The van der Waals surface area contributed by atoms with Gasteiger partial charge in [-0.3, -0.25) is 9.59 Å². The number of anilines is 2. The van der Waals surface area contributed by atoms with Gasteiger partial charge in [0.15, 0.2) is 0 Å². The van der Waals surface area contributed by atoms with Gasteiger partial charge in [0.1, 0.15) is 0 Å². The SMILES string of the molecule is Cc1ccc(/C=C/C(=O)Nc2ccc(N3CCCC3=O)cc2)cc1Cl. The fourth-order valence-corrected chi connectivity index (χ4v) is 2.90. The smallest absolute Gasteiger partial charge is 0.248 e. The van der Waals surface area contributed by atoms with E-state index in [-0.39, 0.29) is 11.8 Å². The maximum atomic E-state index is 12.0. The quantitative estimate of drug-likeness (QED) is 0.826. The van der Waals surface area contributed by atoms with Gasteiger partial charge in [0.2, 0.25) is 11.8 Å². The number of benzene rings is 2. The summed E-state index contributed by atoms with van der Waals surface area (Å²) in [5.74, 6) is -0.0711. The lowest BCUT2D eigenvalue weighted by molar-refractivity contribution is -0.117. The highest BCUT2D eigenvalue weighted by atomic mass is 35.5. The van der Waals surface area contributed by atoms with E-state index in [1.54, 1.807) is 23.1 Å². The van der Waals surface area contributed by atoms with Gasteiger partial charge in [-0.25, -0.2) is 0 Å². The molecule has 0 saturated carbocycles. The highest BCUT2D eigenvalue weighted by molar-refractivity contribution is 6.31. The second kappa shape index (κ2) is 7.53. The van der Waals surface area contributed by atoms with Gasteiger partial charge in [-0.2, -0.15) is 0 Å². The van der Waals surface area contributed by atoms with E-state index in [0.29, 0.717) is 17.1 Å². The normalized spacial score (nSPS) is 14.3. The molecule has 0 unspecified atom stereocenters. The van der Waals surface area contributed by atoms with Crippen LogP contribution in [0.25, 0.3) is 6.08 Å². The Morgan fingerprint density at radius 3 is 2.60 bits per heavy atom. The number of nitrogens with one attached hydrogen (secondary N) is 1. The fourth-order valence-electron chi connectivity index (χ4n) is 2.71. The summed E-state index contributed by atoms with van der Waals surface area (Å²) in [4.78, 5) is 25.5. The summed E-state index contributed by atoms with van der Waals surface area (Å²) in [5.41, 5.74) is 3.42. The van der Waals surface area contributed by atoms with E-state index in [0.717, 1.165) is 29.8 Å². The molecule has 1 fully saturated rings. The zero-order valence-electron chi connectivity index (χ0n) is 14.0. The summed E-state index contributed by atoms with van der Waals surface area (Å²) in [6, 6.07) is 12.9. The van der Waals surface area contributed by atoms with Gasteiger partial charge < -0.3 is 10.2 Å². The topological polar surface area (TPSA) is 49.4 Å². The van der Waals surface area contributed by atoms with Gasteiger partial charge in [0.05, 0.1) is 0 Å². The van der Waals surface area contributed by atoms with Crippen molar-refractivity contribution >= 4 is 40.9 Å². The molecule has 5 heteroatoms. The molecule has 0 aromatic heterocycles. The Morgan fingerprint density at radius 2 is 1.96 bits per heavy atom. The van der Waals surface area contributed by atoms with Crippen LogP contribution in [0.3, 0.4) is 0 Å². The number of carbonyl (C=O) groups excluding carboxylic acids is 2. The first-order valence-electron chi connectivity index (χ1n) is 8.18. The van der Waals surface area contributed by atoms with Gasteiger partial charge in [-0.1, -0.05) is 23.7 Å². The Bertz CT molecular complexity index is 828. The lowest BCUT2D eigenvalue weighted by Gasteiger charge is -2.15. The standard InChI is InChI=1S/C20H19ClN2O2/c1-14-4-5-15(13-18(14)21)6-11-19(24)22-16-7-9-17(10-8-16)23-12-2-3-20(23)25/h4-11,13H,2-3,12H2,1H3,(H,22,24)/b11-6+. The largest absolute Gasteiger partial charge is 0.323 e. The summed E-state index contributed by atoms with van der Waals surface area (Å²) in [5, 5.41) is 3.48. The van der Waals surface area contributed by atoms with E-state index in [1.165, 1.54) is 6.08 Å². The van der Waals surface area contributed by atoms with Crippen LogP contribution < -0.4 is 10.2 Å². The maximum Gasteiger partial charge on any atom is 0.248 e. The van der Waals surface area contributed by atoms with E-state index in [4.69, 9.17) is 11.6 Å². The number of nitrogens with zero attached hydrogens (tertiary/aromatic N) is 1. The number of carbonyl (C=O) groups is 2. The Hall–Kier alpha value is -2.59. The molecule has 2 amide bonds. The third kappa shape index (κ3) is 4.28. The molecule has 0 bridgehead atoms. The molecule has 1 aliphatic rings. The number of rotatable bonds is 4. The molecule has 25 heavy (non-hydrogen) atoms. The van der Waals surface area contributed by atoms with Crippen LogP contribution >= 0.6 is 11.6 Å². The molecular weight excluding hydrogens is 336 g/mol. The molecular formula is C20H19ClN2O2. The number of hydrogen-bond donors (Lipinski definition) is 1. The van der Waals surface area contributed by atoms with E-state index in [9.17, 15) is 9.59 Å². The van der Waals surface area contributed by atoms with Crippen LogP contribution in [0.15, 0.2) is 48.5 Å². The van der Waals surface area contributed by atoms with Gasteiger partial charge in [-0.15, -0.1) is 0 Å². The number of halogens is 1. The van der Waals surface area contributed by atoms with Crippen LogP contribution in [0.1, 0.15) is 24.0 Å². The second-order valence-corrected chi connectivity index (χ2v) is 6.43. The zero-order chi connectivity index (χ0) is 17.8. The maximum absolute atomic E-state index is 12.0. The summed E-state index contributed by atoms with van der Waals surface area (Å²) < 4.78 is 0. The van der Waals surface area contributed by atoms with Crippen molar-refractivity contribution in [1.82, 2.24) is 0 Å².